The molecule has 0 radical (unpaired) electrons. The highest BCUT2D eigenvalue weighted by atomic mass is 32.1. The predicted molar refractivity (Wildman–Crippen MR) is 119 cm³/mol. The maximum absolute atomic E-state index is 13.6. The van der Waals surface area contributed by atoms with Gasteiger partial charge in [-0.1, -0.05) is 0 Å². The van der Waals surface area contributed by atoms with E-state index in [4.69, 9.17) is 4.74 Å². The Bertz CT molecular complexity index is 1450. The summed E-state index contributed by atoms with van der Waals surface area (Å²) in [4.78, 5) is 28.2. The number of hydrogen-bond donors (Lipinski definition) is 1. The van der Waals surface area contributed by atoms with Gasteiger partial charge in [0.05, 0.1) is 28.4 Å². The summed E-state index contributed by atoms with van der Waals surface area (Å²) in [5.41, 5.74) is 1.54. The molecule has 4 aromatic heterocycles. The molecule has 0 fully saturated rings. The molecule has 5 aromatic rings. The fourth-order valence-electron chi connectivity index (χ4n) is 3.39. The van der Waals surface area contributed by atoms with Gasteiger partial charge in [-0.2, -0.15) is 0 Å². The molecular weight excluding hydrogens is 415 g/mol. The van der Waals surface area contributed by atoms with Gasteiger partial charge in [-0.25, -0.2) is 9.37 Å². The molecule has 0 aliphatic heterocycles. The van der Waals surface area contributed by atoms with Gasteiger partial charge in [-0.05, 0) is 65.6 Å². The molecule has 0 bridgehead atoms. The number of halogens is 1. The Morgan fingerprint density at radius 1 is 1.13 bits per heavy atom. The smallest absolute Gasteiger partial charge is 0.259 e. The first-order valence-corrected chi connectivity index (χ1v) is 10.6. The van der Waals surface area contributed by atoms with E-state index in [0.29, 0.717) is 53.2 Å². The third-order valence-corrected chi connectivity index (χ3v) is 5.84. The van der Waals surface area contributed by atoms with Gasteiger partial charge in [0.25, 0.3) is 5.56 Å². The van der Waals surface area contributed by atoms with Crippen molar-refractivity contribution in [1.29, 1.82) is 0 Å². The Morgan fingerprint density at radius 3 is 2.97 bits per heavy atom. The number of aromatic nitrogens is 4. The van der Waals surface area contributed by atoms with Gasteiger partial charge in [-0.3, -0.25) is 14.8 Å². The highest BCUT2D eigenvalue weighted by molar-refractivity contribution is 7.17. The third kappa shape index (κ3) is 4.02. The molecule has 0 aliphatic rings. The predicted octanol–water partition coefficient (Wildman–Crippen LogP) is 4.75. The van der Waals surface area contributed by atoms with Gasteiger partial charge in [0, 0.05) is 12.4 Å². The summed E-state index contributed by atoms with van der Waals surface area (Å²) >= 11 is 1.62. The summed E-state index contributed by atoms with van der Waals surface area (Å²) in [6, 6.07) is 10.8. The van der Waals surface area contributed by atoms with Crippen molar-refractivity contribution in [2.75, 3.05) is 6.61 Å². The second-order valence-electron chi connectivity index (χ2n) is 7.04. The van der Waals surface area contributed by atoms with Crippen LogP contribution in [0.2, 0.25) is 0 Å². The lowest BCUT2D eigenvalue weighted by molar-refractivity contribution is 0.310. The van der Waals surface area contributed by atoms with E-state index in [9.17, 15) is 9.18 Å². The summed E-state index contributed by atoms with van der Waals surface area (Å²) in [6.07, 6.45) is 5.76. The van der Waals surface area contributed by atoms with Crippen molar-refractivity contribution in [3.05, 3.63) is 82.1 Å². The molecule has 6 nitrogen and oxygen atoms in total. The second kappa shape index (κ2) is 8.23. The van der Waals surface area contributed by atoms with E-state index < -0.39 is 0 Å². The lowest BCUT2D eigenvalue weighted by Gasteiger charge is -2.08. The van der Waals surface area contributed by atoms with Crippen LogP contribution in [0.5, 0.6) is 5.75 Å². The zero-order chi connectivity index (χ0) is 21.2. The van der Waals surface area contributed by atoms with Gasteiger partial charge in [-0.15, -0.1) is 11.3 Å². The van der Waals surface area contributed by atoms with E-state index in [1.54, 1.807) is 48.0 Å². The molecule has 1 N–H and O–H groups in total. The molecule has 0 saturated heterocycles. The molecule has 4 heterocycles. The number of thiophene rings is 1. The van der Waals surface area contributed by atoms with Crippen molar-refractivity contribution in [2.24, 2.45) is 0 Å². The van der Waals surface area contributed by atoms with Crippen molar-refractivity contribution in [3.63, 3.8) is 0 Å². The molecule has 0 spiro atoms. The molecule has 0 unspecified atom stereocenters. The summed E-state index contributed by atoms with van der Waals surface area (Å²) in [5.74, 6) is 0.688. The third-order valence-electron chi connectivity index (χ3n) is 4.98. The number of fused-ring (bicyclic) bond motifs is 2. The molecule has 0 atom stereocenters. The van der Waals surface area contributed by atoms with Crippen LogP contribution >= 0.6 is 11.3 Å². The van der Waals surface area contributed by atoms with Crippen LogP contribution in [0.3, 0.4) is 0 Å². The number of ether oxygens (including phenoxy) is 1. The van der Waals surface area contributed by atoms with E-state index >= 15 is 0 Å². The van der Waals surface area contributed by atoms with Gasteiger partial charge < -0.3 is 9.72 Å². The average Bonchev–Trinajstić information content (AvgIpc) is 3.26. The van der Waals surface area contributed by atoms with E-state index in [-0.39, 0.29) is 11.4 Å². The van der Waals surface area contributed by atoms with Crippen LogP contribution < -0.4 is 10.3 Å². The van der Waals surface area contributed by atoms with Crippen LogP contribution in [0.25, 0.3) is 32.5 Å². The van der Waals surface area contributed by atoms with Gasteiger partial charge in [0.15, 0.2) is 5.82 Å². The lowest BCUT2D eigenvalue weighted by atomic mass is 10.1. The van der Waals surface area contributed by atoms with Crippen molar-refractivity contribution >= 4 is 32.3 Å². The minimum absolute atomic E-state index is 0.253. The number of rotatable bonds is 6. The molecule has 154 valence electrons. The Labute approximate surface area is 180 Å². The Kier molecular flexibility index (Phi) is 5.13. The highest BCUT2D eigenvalue weighted by Gasteiger charge is 2.10. The van der Waals surface area contributed by atoms with Crippen molar-refractivity contribution in [3.8, 4) is 17.3 Å². The minimum atomic E-state index is -0.311. The van der Waals surface area contributed by atoms with Crippen molar-refractivity contribution in [2.45, 2.75) is 12.8 Å². The first kappa shape index (κ1) is 19.3. The zero-order valence-corrected chi connectivity index (χ0v) is 17.2. The highest BCUT2D eigenvalue weighted by Crippen LogP contribution is 2.24. The van der Waals surface area contributed by atoms with E-state index in [0.717, 1.165) is 10.1 Å². The molecule has 0 amide bonds. The number of H-pyrrole nitrogens is 1. The summed E-state index contributed by atoms with van der Waals surface area (Å²) < 4.78 is 20.5. The summed E-state index contributed by atoms with van der Waals surface area (Å²) in [5, 5.41) is 3.51. The first-order chi connectivity index (χ1) is 15.2. The fourth-order valence-corrected chi connectivity index (χ4v) is 4.12. The average molecular weight is 432 g/mol. The van der Waals surface area contributed by atoms with Gasteiger partial charge in [0.2, 0.25) is 0 Å². The molecule has 5 rings (SSSR count). The molecule has 0 saturated carbocycles. The second-order valence-corrected chi connectivity index (χ2v) is 7.99. The number of benzene rings is 1. The Morgan fingerprint density at radius 2 is 2.06 bits per heavy atom. The largest absolute Gasteiger partial charge is 0.494 e. The fraction of sp³-hybridized carbons (Fsp3) is 0.130. The topological polar surface area (TPSA) is 80.8 Å². The monoisotopic (exact) mass is 432 g/mol. The van der Waals surface area contributed by atoms with Gasteiger partial charge >= 0.3 is 0 Å². The van der Waals surface area contributed by atoms with Crippen molar-refractivity contribution < 1.29 is 9.13 Å². The van der Waals surface area contributed by atoms with Crippen LogP contribution in [0, 0.1) is 5.82 Å². The number of nitrogens with zero attached hydrogens (tertiary/aromatic N) is 3. The standard InChI is InChI=1S/C23H17FN4O2S/c24-18-12-25-7-5-14(18)2-1-8-30-16-3-4-19-17(11-16)23(29)28-22(27-19)20-10-15-6-9-31-21(15)13-26-20/h3-7,9-13H,1-2,8H2,(H,27,28,29). The van der Waals surface area contributed by atoms with Crippen LogP contribution in [-0.4, -0.2) is 26.5 Å². The molecule has 8 heteroatoms. The lowest BCUT2D eigenvalue weighted by Crippen LogP contribution is -2.10. The maximum atomic E-state index is 13.6. The Balaban J connectivity index is 1.33. The number of aryl methyl sites for hydroxylation is 1. The summed E-state index contributed by atoms with van der Waals surface area (Å²) in [6.45, 7) is 0.404. The molecule has 1 aromatic carbocycles. The number of aromatic amines is 1. The molecule has 31 heavy (non-hydrogen) atoms. The number of hydrogen-bond acceptors (Lipinski definition) is 6. The minimum Gasteiger partial charge on any atom is -0.494 e. The summed E-state index contributed by atoms with van der Waals surface area (Å²) in [7, 11) is 0. The first-order valence-electron chi connectivity index (χ1n) is 9.76. The molecular formula is C23H17FN4O2S. The zero-order valence-electron chi connectivity index (χ0n) is 16.3. The van der Waals surface area contributed by atoms with Crippen molar-refractivity contribution in [1.82, 2.24) is 19.9 Å². The quantitative estimate of drug-likeness (QED) is 0.392. The number of pyridine rings is 2. The van der Waals surface area contributed by atoms with E-state index in [1.165, 1.54) is 6.20 Å². The maximum Gasteiger partial charge on any atom is 0.259 e. The van der Waals surface area contributed by atoms with E-state index in [1.807, 2.05) is 17.5 Å². The number of nitrogens with one attached hydrogen (secondary N) is 1. The van der Waals surface area contributed by atoms with Crippen LogP contribution in [-0.2, 0) is 6.42 Å². The SMILES string of the molecule is O=c1[nH]c(-c2cc3ccsc3cn2)nc2ccc(OCCCc3ccncc3F)cc12. The van der Waals surface area contributed by atoms with Crippen LogP contribution in [0.1, 0.15) is 12.0 Å². The van der Waals surface area contributed by atoms with Gasteiger partial charge in [0.1, 0.15) is 17.3 Å². The Hall–Kier alpha value is -3.65. The van der Waals surface area contributed by atoms with Crippen LogP contribution in [0.4, 0.5) is 4.39 Å². The normalized spacial score (nSPS) is 11.3. The van der Waals surface area contributed by atoms with Crippen LogP contribution in [0.15, 0.2) is 65.2 Å². The molecule has 0 aliphatic carbocycles. The van der Waals surface area contributed by atoms with E-state index in [2.05, 4.69) is 19.9 Å².